The number of carbonyl (C=O) groups excluding carboxylic acids is 1. The van der Waals surface area contributed by atoms with Gasteiger partial charge in [-0.25, -0.2) is 4.79 Å². The first-order valence-electron chi connectivity index (χ1n) is 6.29. The lowest BCUT2D eigenvalue weighted by Gasteiger charge is -2.02. The van der Waals surface area contributed by atoms with Crippen molar-refractivity contribution in [3.05, 3.63) is 71.8 Å². The van der Waals surface area contributed by atoms with E-state index in [1.165, 1.54) is 7.11 Å². The number of rotatable bonds is 2. The van der Waals surface area contributed by atoms with E-state index >= 15 is 0 Å². The lowest BCUT2D eigenvalue weighted by atomic mass is 10.0. The van der Waals surface area contributed by atoms with E-state index in [9.17, 15) is 4.79 Å². The van der Waals surface area contributed by atoms with Crippen molar-refractivity contribution in [1.82, 2.24) is 4.90 Å². The minimum atomic E-state index is -0.275. The lowest BCUT2D eigenvalue weighted by molar-refractivity contribution is 0.150. The first kappa shape index (κ1) is 11.8. The van der Waals surface area contributed by atoms with Crippen LogP contribution in [0.1, 0.15) is 23.2 Å². The zero-order valence-electron chi connectivity index (χ0n) is 10.7. The van der Waals surface area contributed by atoms with Crippen LogP contribution in [0.4, 0.5) is 4.79 Å². The Morgan fingerprint density at radius 3 is 1.68 bits per heavy atom. The zero-order chi connectivity index (χ0) is 13.2. The van der Waals surface area contributed by atoms with Crippen LogP contribution < -0.4 is 0 Å². The maximum Gasteiger partial charge on any atom is 0.410 e. The summed E-state index contributed by atoms with van der Waals surface area (Å²) in [6, 6.07) is 20.3. The average Bonchev–Trinajstić information content (AvgIpc) is 3.24. The normalized spacial score (nSPS) is 21.0. The van der Waals surface area contributed by atoms with Crippen molar-refractivity contribution in [1.29, 1.82) is 0 Å². The Balaban J connectivity index is 1.93. The van der Waals surface area contributed by atoms with Gasteiger partial charge < -0.3 is 4.74 Å². The molecular weight excluding hydrogens is 238 g/mol. The van der Waals surface area contributed by atoms with Crippen molar-refractivity contribution >= 4 is 6.09 Å². The van der Waals surface area contributed by atoms with E-state index in [2.05, 4.69) is 0 Å². The summed E-state index contributed by atoms with van der Waals surface area (Å²) in [5, 5.41) is 0. The number of hydrogen-bond acceptors (Lipinski definition) is 2. The number of hydrogen-bond donors (Lipinski definition) is 0. The quantitative estimate of drug-likeness (QED) is 0.766. The third-order valence-electron chi connectivity index (χ3n) is 3.48. The second kappa shape index (κ2) is 4.76. The summed E-state index contributed by atoms with van der Waals surface area (Å²) >= 11 is 0. The summed E-state index contributed by atoms with van der Waals surface area (Å²) in [4.78, 5) is 13.6. The number of carbonyl (C=O) groups is 1. The van der Waals surface area contributed by atoms with E-state index in [0.717, 1.165) is 11.1 Å². The molecule has 19 heavy (non-hydrogen) atoms. The van der Waals surface area contributed by atoms with E-state index in [1.807, 2.05) is 60.7 Å². The topological polar surface area (TPSA) is 29.3 Å². The summed E-state index contributed by atoms with van der Waals surface area (Å²) in [6.45, 7) is 0. The van der Waals surface area contributed by atoms with Gasteiger partial charge in [0.1, 0.15) is 0 Å². The molecule has 3 nitrogen and oxygen atoms in total. The van der Waals surface area contributed by atoms with Gasteiger partial charge in [0.25, 0.3) is 0 Å². The van der Waals surface area contributed by atoms with Crippen molar-refractivity contribution in [2.45, 2.75) is 12.1 Å². The Bertz CT molecular complexity index is 522. The molecule has 2 aromatic rings. The van der Waals surface area contributed by atoms with E-state index in [4.69, 9.17) is 4.74 Å². The molecule has 3 rings (SSSR count). The number of methoxy groups -OCH3 is 1. The predicted octanol–water partition coefficient (Wildman–Crippen LogP) is 3.55. The highest BCUT2D eigenvalue weighted by Crippen LogP contribution is 2.54. The van der Waals surface area contributed by atoms with Crippen LogP contribution in [-0.4, -0.2) is 18.1 Å². The van der Waals surface area contributed by atoms with Crippen LogP contribution in [0.25, 0.3) is 0 Å². The van der Waals surface area contributed by atoms with Crippen molar-refractivity contribution < 1.29 is 9.53 Å². The summed E-state index contributed by atoms with van der Waals surface area (Å²) in [6.07, 6.45) is -0.275. The van der Waals surface area contributed by atoms with Gasteiger partial charge in [0, 0.05) is 0 Å². The number of nitrogens with zero attached hydrogens (tertiary/aromatic N) is 1. The van der Waals surface area contributed by atoms with Crippen LogP contribution in [-0.2, 0) is 4.74 Å². The SMILES string of the molecule is COC(=O)N1[C@H](c2ccccc2)[C@H]1c1ccccc1. The van der Waals surface area contributed by atoms with Crippen LogP contribution in [0.2, 0.25) is 0 Å². The molecule has 1 heterocycles. The molecule has 0 bridgehead atoms. The van der Waals surface area contributed by atoms with Crippen LogP contribution >= 0.6 is 0 Å². The zero-order valence-corrected chi connectivity index (χ0v) is 10.7. The molecule has 0 N–H and O–H groups in total. The first-order chi connectivity index (χ1) is 9.33. The summed E-state index contributed by atoms with van der Waals surface area (Å²) < 4.78 is 4.86. The van der Waals surface area contributed by atoms with E-state index in [1.54, 1.807) is 4.90 Å². The van der Waals surface area contributed by atoms with Crippen molar-refractivity contribution in [3.8, 4) is 0 Å². The molecule has 1 aliphatic rings. The molecule has 96 valence electrons. The minimum absolute atomic E-state index is 0.0797. The molecule has 0 spiro atoms. The smallest absolute Gasteiger partial charge is 0.410 e. The number of benzene rings is 2. The second-order valence-corrected chi connectivity index (χ2v) is 4.59. The highest BCUT2D eigenvalue weighted by Gasteiger charge is 2.53. The fraction of sp³-hybridized carbons (Fsp3) is 0.188. The van der Waals surface area contributed by atoms with Gasteiger partial charge in [-0.15, -0.1) is 0 Å². The molecule has 0 aromatic heterocycles. The maximum absolute atomic E-state index is 11.8. The largest absolute Gasteiger partial charge is 0.453 e. The Morgan fingerprint density at radius 1 is 0.895 bits per heavy atom. The van der Waals surface area contributed by atoms with Gasteiger partial charge in [0.2, 0.25) is 0 Å². The fourth-order valence-electron chi connectivity index (χ4n) is 2.55. The molecule has 3 heteroatoms. The summed E-state index contributed by atoms with van der Waals surface area (Å²) in [5.74, 6) is 0. The van der Waals surface area contributed by atoms with E-state index < -0.39 is 0 Å². The number of amides is 1. The Hall–Kier alpha value is -2.29. The van der Waals surface area contributed by atoms with Crippen molar-refractivity contribution in [3.63, 3.8) is 0 Å². The maximum atomic E-state index is 11.8. The van der Waals surface area contributed by atoms with Gasteiger partial charge >= 0.3 is 6.09 Å². The second-order valence-electron chi connectivity index (χ2n) is 4.59. The van der Waals surface area contributed by atoms with E-state index in [-0.39, 0.29) is 18.2 Å². The van der Waals surface area contributed by atoms with Crippen LogP contribution in [0.15, 0.2) is 60.7 Å². The molecule has 1 amide bonds. The lowest BCUT2D eigenvalue weighted by Crippen LogP contribution is -2.11. The first-order valence-corrected chi connectivity index (χ1v) is 6.29. The standard InChI is InChI=1S/C16H15NO2/c1-19-16(18)17-14(12-8-4-2-5-9-12)15(17)13-10-6-3-7-11-13/h2-11,14-15H,1H3/t14-,15-/m1/s1. The van der Waals surface area contributed by atoms with Gasteiger partial charge in [-0.2, -0.15) is 0 Å². The summed E-state index contributed by atoms with van der Waals surface area (Å²) in [7, 11) is 1.42. The van der Waals surface area contributed by atoms with Gasteiger partial charge in [-0.05, 0) is 11.1 Å². The van der Waals surface area contributed by atoms with Gasteiger partial charge in [-0.3, -0.25) is 4.90 Å². The molecular formula is C16H15NO2. The molecule has 1 aliphatic heterocycles. The third kappa shape index (κ3) is 2.08. The van der Waals surface area contributed by atoms with Crippen LogP contribution in [0.5, 0.6) is 0 Å². The molecule has 0 unspecified atom stereocenters. The molecule has 1 fully saturated rings. The average molecular weight is 253 g/mol. The fourth-order valence-corrected chi connectivity index (χ4v) is 2.55. The minimum Gasteiger partial charge on any atom is -0.453 e. The predicted molar refractivity (Wildman–Crippen MR) is 72.6 cm³/mol. The number of ether oxygens (including phenoxy) is 1. The highest BCUT2D eigenvalue weighted by molar-refractivity contribution is 5.73. The van der Waals surface area contributed by atoms with Crippen molar-refractivity contribution in [2.24, 2.45) is 0 Å². The third-order valence-corrected chi connectivity index (χ3v) is 3.48. The van der Waals surface area contributed by atoms with E-state index in [0.29, 0.717) is 0 Å². The van der Waals surface area contributed by atoms with Gasteiger partial charge in [0.15, 0.2) is 0 Å². The van der Waals surface area contributed by atoms with Gasteiger partial charge in [-0.1, -0.05) is 60.7 Å². The van der Waals surface area contributed by atoms with Gasteiger partial charge in [0.05, 0.1) is 19.2 Å². The Labute approximate surface area is 112 Å². The molecule has 1 saturated heterocycles. The molecule has 2 aromatic carbocycles. The molecule has 0 aliphatic carbocycles. The van der Waals surface area contributed by atoms with Crippen LogP contribution in [0.3, 0.4) is 0 Å². The Morgan fingerprint density at radius 2 is 1.32 bits per heavy atom. The summed E-state index contributed by atoms with van der Waals surface area (Å²) in [5.41, 5.74) is 2.28. The van der Waals surface area contributed by atoms with Crippen LogP contribution in [0, 0.1) is 0 Å². The monoisotopic (exact) mass is 253 g/mol. The molecule has 0 radical (unpaired) electrons. The highest BCUT2D eigenvalue weighted by atomic mass is 16.5. The molecule has 2 atom stereocenters. The molecule has 0 saturated carbocycles. The van der Waals surface area contributed by atoms with Crippen molar-refractivity contribution in [2.75, 3.05) is 7.11 Å². The Kier molecular flexibility index (Phi) is 2.95.